The van der Waals surface area contributed by atoms with Gasteiger partial charge in [-0.25, -0.2) is 0 Å². The highest BCUT2D eigenvalue weighted by Gasteiger charge is 2.17. The summed E-state index contributed by atoms with van der Waals surface area (Å²) in [5.74, 6) is 0.556. The molecule has 0 atom stereocenters. The van der Waals surface area contributed by atoms with Gasteiger partial charge in [-0.3, -0.25) is 4.79 Å². The zero-order chi connectivity index (χ0) is 13.0. The summed E-state index contributed by atoms with van der Waals surface area (Å²) in [4.78, 5) is 11.9. The maximum Gasteiger partial charge on any atom is 0.190 e. The van der Waals surface area contributed by atoms with Crippen molar-refractivity contribution in [2.24, 2.45) is 5.92 Å². The van der Waals surface area contributed by atoms with Crippen LogP contribution in [0.1, 0.15) is 23.2 Å². The fourth-order valence-corrected chi connectivity index (χ4v) is 4.70. The number of ketones is 1. The molecule has 6 heteroatoms. The van der Waals surface area contributed by atoms with Crippen LogP contribution in [0.5, 0.6) is 0 Å². The zero-order valence-electron chi connectivity index (χ0n) is 9.79. The summed E-state index contributed by atoms with van der Waals surface area (Å²) < 4.78 is 12.6. The zero-order valence-corrected chi connectivity index (χ0v) is 13.8. The Bertz CT molecular complexity index is 413. The topological polar surface area (TPSA) is 35.5 Å². The van der Waals surface area contributed by atoms with E-state index in [-0.39, 0.29) is 12.4 Å². The molecule has 2 rings (SSSR count). The van der Waals surface area contributed by atoms with Crippen molar-refractivity contribution in [1.82, 2.24) is 0 Å². The van der Waals surface area contributed by atoms with Gasteiger partial charge in [0.2, 0.25) is 0 Å². The van der Waals surface area contributed by atoms with Gasteiger partial charge in [0.1, 0.15) is 6.61 Å². The van der Waals surface area contributed by atoms with Gasteiger partial charge in [0.25, 0.3) is 0 Å². The predicted molar refractivity (Wildman–Crippen MR) is 78.4 cm³/mol. The number of halogens is 2. The lowest BCUT2D eigenvalue weighted by atomic mass is 10.0. The number of Topliss-reactive ketones (excluding diaryl/α,β-unsaturated/α-hetero) is 1. The quantitative estimate of drug-likeness (QED) is 0.706. The number of ether oxygens (including phenoxy) is 2. The van der Waals surface area contributed by atoms with E-state index in [1.165, 1.54) is 11.3 Å². The van der Waals surface area contributed by atoms with Gasteiger partial charge in [-0.05, 0) is 56.7 Å². The van der Waals surface area contributed by atoms with Gasteiger partial charge in [0.15, 0.2) is 5.78 Å². The van der Waals surface area contributed by atoms with Crippen LogP contribution in [0.4, 0.5) is 0 Å². The number of carbonyl (C=O) groups is 1. The summed E-state index contributed by atoms with van der Waals surface area (Å²) in [5.41, 5.74) is 0.693. The fourth-order valence-electron chi connectivity index (χ4n) is 1.84. The Balaban J connectivity index is 1.76. The predicted octanol–water partition coefficient (Wildman–Crippen LogP) is 3.90. The van der Waals surface area contributed by atoms with Crippen molar-refractivity contribution < 1.29 is 14.3 Å². The van der Waals surface area contributed by atoms with E-state index in [9.17, 15) is 4.79 Å². The van der Waals surface area contributed by atoms with Crippen LogP contribution in [0.15, 0.2) is 13.6 Å². The molecule has 1 aromatic heterocycles. The van der Waals surface area contributed by atoms with Crippen LogP contribution in [0.3, 0.4) is 0 Å². The van der Waals surface area contributed by atoms with Crippen LogP contribution in [0.25, 0.3) is 0 Å². The van der Waals surface area contributed by atoms with E-state index in [0.29, 0.717) is 18.1 Å². The van der Waals surface area contributed by atoms with Crippen molar-refractivity contribution in [3.05, 3.63) is 19.2 Å². The molecule has 0 radical (unpaired) electrons. The molecule has 0 unspecified atom stereocenters. The molecule has 0 spiro atoms. The molecule has 100 valence electrons. The van der Waals surface area contributed by atoms with Crippen LogP contribution < -0.4 is 0 Å². The maximum absolute atomic E-state index is 11.9. The minimum Gasteiger partial charge on any atom is -0.381 e. The Kier molecular flexibility index (Phi) is 5.82. The second-order valence-electron chi connectivity index (χ2n) is 4.23. The number of hydrogen-bond acceptors (Lipinski definition) is 4. The first-order valence-electron chi connectivity index (χ1n) is 5.80. The first kappa shape index (κ1) is 14.7. The van der Waals surface area contributed by atoms with E-state index in [4.69, 9.17) is 9.47 Å². The average Bonchev–Trinajstić information content (AvgIpc) is 2.70. The molecule has 0 bridgehead atoms. The third-order valence-electron chi connectivity index (χ3n) is 2.88. The minimum atomic E-state index is 0.0240. The van der Waals surface area contributed by atoms with E-state index < -0.39 is 0 Å². The Morgan fingerprint density at radius 3 is 2.78 bits per heavy atom. The van der Waals surface area contributed by atoms with E-state index in [2.05, 4.69) is 31.9 Å². The van der Waals surface area contributed by atoms with Crippen molar-refractivity contribution in [2.45, 2.75) is 12.8 Å². The molecule has 0 saturated carbocycles. The van der Waals surface area contributed by atoms with Gasteiger partial charge >= 0.3 is 0 Å². The number of hydrogen-bond donors (Lipinski definition) is 0. The van der Waals surface area contributed by atoms with Gasteiger partial charge in [0, 0.05) is 18.8 Å². The van der Waals surface area contributed by atoms with Crippen molar-refractivity contribution in [3.8, 4) is 0 Å². The van der Waals surface area contributed by atoms with Crippen molar-refractivity contribution in [2.75, 3.05) is 26.4 Å². The Morgan fingerprint density at radius 2 is 2.17 bits per heavy atom. The van der Waals surface area contributed by atoms with Gasteiger partial charge in [-0.15, -0.1) is 11.3 Å². The third-order valence-corrected chi connectivity index (χ3v) is 5.22. The summed E-state index contributed by atoms with van der Waals surface area (Å²) in [6.07, 6.45) is 2.06. The molecule has 0 aromatic carbocycles. The Hall–Kier alpha value is 0.250. The van der Waals surface area contributed by atoms with Gasteiger partial charge in [-0.1, -0.05) is 0 Å². The Labute approximate surface area is 127 Å². The molecule has 1 fully saturated rings. The SMILES string of the molecule is O=C(COCC1CCOCC1)c1cc(Br)sc1Br. The summed E-state index contributed by atoms with van der Waals surface area (Å²) in [5, 5.41) is 0. The van der Waals surface area contributed by atoms with Crippen molar-refractivity contribution in [3.63, 3.8) is 0 Å². The normalized spacial score (nSPS) is 17.0. The highest BCUT2D eigenvalue weighted by molar-refractivity contribution is 9.12. The molecule has 0 N–H and O–H groups in total. The molecular formula is C12H14Br2O3S. The fraction of sp³-hybridized carbons (Fsp3) is 0.583. The molecule has 1 saturated heterocycles. The Morgan fingerprint density at radius 1 is 1.44 bits per heavy atom. The van der Waals surface area contributed by atoms with Gasteiger partial charge in [0.05, 0.1) is 14.2 Å². The second kappa shape index (κ2) is 7.14. The summed E-state index contributed by atoms with van der Waals surface area (Å²) in [6.45, 7) is 2.42. The van der Waals surface area contributed by atoms with E-state index in [1.807, 2.05) is 6.07 Å². The standard InChI is InChI=1S/C12H14Br2O3S/c13-11-5-9(12(14)18-11)10(15)7-17-6-8-1-3-16-4-2-8/h5,8H,1-4,6-7H2. The molecule has 1 aromatic rings. The lowest BCUT2D eigenvalue weighted by Crippen LogP contribution is -2.21. The lowest BCUT2D eigenvalue weighted by molar-refractivity contribution is 0.0216. The third kappa shape index (κ3) is 4.13. The van der Waals surface area contributed by atoms with Crippen LogP contribution >= 0.6 is 43.2 Å². The van der Waals surface area contributed by atoms with Crippen molar-refractivity contribution >= 4 is 49.0 Å². The average molecular weight is 398 g/mol. The van der Waals surface area contributed by atoms with Crippen molar-refractivity contribution in [1.29, 1.82) is 0 Å². The summed E-state index contributed by atoms with van der Waals surface area (Å²) >= 11 is 8.24. The van der Waals surface area contributed by atoms with Crippen LogP contribution in [-0.2, 0) is 9.47 Å². The maximum atomic E-state index is 11.9. The molecule has 18 heavy (non-hydrogen) atoms. The van der Waals surface area contributed by atoms with Gasteiger partial charge < -0.3 is 9.47 Å². The van der Waals surface area contributed by atoms with E-state index >= 15 is 0 Å². The molecule has 2 heterocycles. The summed E-state index contributed by atoms with van der Waals surface area (Å²) in [7, 11) is 0. The molecule has 0 amide bonds. The van der Waals surface area contributed by atoms with Gasteiger partial charge in [-0.2, -0.15) is 0 Å². The van der Waals surface area contributed by atoms with Crippen LogP contribution in [0, 0.1) is 5.92 Å². The van der Waals surface area contributed by atoms with E-state index in [0.717, 1.165) is 33.6 Å². The monoisotopic (exact) mass is 396 g/mol. The molecule has 0 aliphatic carbocycles. The number of carbonyl (C=O) groups excluding carboxylic acids is 1. The van der Waals surface area contributed by atoms with Crippen LogP contribution in [0.2, 0.25) is 0 Å². The van der Waals surface area contributed by atoms with Crippen LogP contribution in [-0.4, -0.2) is 32.2 Å². The molecule has 3 nitrogen and oxygen atoms in total. The first-order valence-corrected chi connectivity index (χ1v) is 8.20. The lowest BCUT2D eigenvalue weighted by Gasteiger charge is -2.21. The largest absolute Gasteiger partial charge is 0.381 e. The van der Waals surface area contributed by atoms with E-state index in [1.54, 1.807) is 0 Å². The molecule has 1 aliphatic heterocycles. The molecular weight excluding hydrogens is 384 g/mol. The highest BCUT2D eigenvalue weighted by Crippen LogP contribution is 2.32. The minimum absolute atomic E-state index is 0.0240. The second-order valence-corrected chi connectivity index (χ2v) is 7.98. The first-order chi connectivity index (χ1) is 8.66. The highest BCUT2D eigenvalue weighted by atomic mass is 79.9. The summed E-state index contributed by atoms with van der Waals surface area (Å²) in [6, 6.07) is 1.83. The number of thiophene rings is 1. The smallest absolute Gasteiger partial charge is 0.190 e. The number of rotatable bonds is 5. The molecule has 1 aliphatic rings.